The van der Waals surface area contributed by atoms with Gasteiger partial charge in [-0.2, -0.15) is 0 Å². The average Bonchev–Trinajstić information content (AvgIpc) is 2.80. The van der Waals surface area contributed by atoms with Gasteiger partial charge in [0.05, 0.1) is 0 Å². The Morgan fingerprint density at radius 3 is 2.50 bits per heavy atom. The first-order valence-electron chi connectivity index (χ1n) is 11.0. The molecule has 0 aliphatic rings. The van der Waals surface area contributed by atoms with E-state index >= 15 is 0 Å². The standard InChI is InChI=1S/C25H32N2O5/c1-2-32-18-22(28)14-7-4-8-15-26-24(29)21-13-9-10-19(16-21)17-27-23(25(30)31)20-11-5-3-6-12-20/h3,5-6,9-13,16,23,27H,2,4,7-8,14-15,17-18H2,1H3,(H,26,29)(H,30,31)/t23-/m0/s1. The van der Waals surface area contributed by atoms with Crippen molar-refractivity contribution in [3.8, 4) is 0 Å². The predicted molar refractivity (Wildman–Crippen MR) is 122 cm³/mol. The second kappa shape index (κ2) is 14.1. The molecule has 3 N–H and O–H groups in total. The van der Waals surface area contributed by atoms with E-state index in [9.17, 15) is 19.5 Å². The third kappa shape index (κ3) is 8.99. The zero-order valence-corrected chi connectivity index (χ0v) is 18.5. The highest BCUT2D eigenvalue weighted by molar-refractivity contribution is 5.94. The van der Waals surface area contributed by atoms with Gasteiger partial charge in [-0.15, -0.1) is 0 Å². The number of ether oxygens (including phenoxy) is 1. The SMILES string of the molecule is CCOCC(=O)CCCCCNC(=O)c1cccc(CN[C@H](C(=O)O)c2ccccc2)c1. The number of carbonyl (C=O) groups is 3. The lowest BCUT2D eigenvalue weighted by Crippen LogP contribution is -2.28. The highest BCUT2D eigenvalue weighted by Crippen LogP contribution is 2.14. The molecule has 1 amide bonds. The first-order chi connectivity index (χ1) is 15.5. The maximum atomic E-state index is 12.4. The summed E-state index contributed by atoms with van der Waals surface area (Å²) >= 11 is 0. The molecule has 7 heteroatoms. The van der Waals surface area contributed by atoms with Crippen molar-refractivity contribution in [3.05, 3.63) is 71.3 Å². The summed E-state index contributed by atoms with van der Waals surface area (Å²) in [4.78, 5) is 35.6. The van der Waals surface area contributed by atoms with Crippen molar-refractivity contribution < 1.29 is 24.2 Å². The molecule has 2 rings (SSSR count). The molecule has 172 valence electrons. The van der Waals surface area contributed by atoms with E-state index in [-0.39, 0.29) is 18.3 Å². The van der Waals surface area contributed by atoms with Crippen LogP contribution in [-0.2, 0) is 20.9 Å². The van der Waals surface area contributed by atoms with E-state index in [1.54, 1.807) is 42.5 Å². The van der Waals surface area contributed by atoms with Gasteiger partial charge in [-0.3, -0.25) is 19.7 Å². The number of ketones is 1. The van der Waals surface area contributed by atoms with E-state index in [2.05, 4.69) is 10.6 Å². The topological polar surface area (TPSA) is 105 Å². The number of carboxylic acid groups (broad SMARTS) is 1. The largest absolute Gasteiger partial charge is 0.480 e. The summed E-state index contributed by atoms with van der Waals surface area (Å²) in [7, 11) is 0. The number of carboxylic acids is 1. The van der Waals surface area contributed by atoms with Crippen LogP contribution in [0.1, 0.15) is 60.1 Å². The minimum absolute atomic E-state index is 0.110. The van der Waals surface area contributed by atoms with E-state index in [0.29, 0.717) is 37.2 Å². The van der Waals surface area contributed by atoms with Gasteiger partial charge < -0.3 is 15.2 Å². The van der Waals surface area contributed by atoms with Crippen LogP contribution in [0, 0.1) is 0 Å². The number of amides is 1. The Kier molecular flexibility index (Phi) is 11.1. The number of hydrogen-bond donors (Lipinski definition) is 3. The van der Waals surface area contributed by atoms with Crippen molar-refractivity contribution in [2.75, 3.05) is 19.8 Å². The van der Waals surface area contributed by atoms with Crippen molar-refractivity contribution in [2.45, 2.75) is 45.2 Å². The molecule has 0 spiro atoms. The van der Waals surface area contributed by atoms with E-state index in [1.807, 2.05) is 19.1 Å². The Balaban J connectivity index is 1.76. The Labute approximate surface area is 189 Å². The Hall–Kier alpha value is -3.03. The van der Waals surface area contributed by atoms with Crippen molar-refractivity contribution in [3.63, 3.8) is 0 Å². The van der Waals surface area contributed by atoms with Crippen LogP contribution in [0.15, 0.2) is 54.6 Å². The van der Waals surface area contributed by atoms with Crippen LogP contribution >= 0.6 is 0 Å². The normalized spacial score (nSPS) is 11.7. The van der Waals surface area contributed by atoms with Crippen molar-refractivity contribution in [1.82, 2.24) is 10.6 Å². The van der Waals surface area contributed by atoms with Crippen molar-refractivity contribution in [1.29, 1.82) is 0 Å². The monoisotopic (exact) mass is 440 g/mol. The molecule has 0 aromatic heterocycles. The Morgan fingerprint density at radius 2 is 1.78 bits per heavy atom. The van der Waals surface area contributed by atoms with Gasteiger partial charge in [0, 0.05) is 31.7 Å². The quantitative estimate of drug-likeness (QED) is 0.366. The molecular weight excluding hydrogens is 408 g/mol. The lowest BCUT2D eigenvalue weighted by molar-refractivity contribution is -0.139. The number of Topliss-reactive ketones (excluding diaryl/α,β-unsaturated/α-hetero) is 1. The highest BCUT2D eigenvalue weighted by atomic mass is 16.5. The number of carbonyl (C=O) groups excluding carboxylic acids is 2. The van der Waals surface area contributed by atoms with Gasteiger partial charge in [-0.1, -0.05) is 48.9 Å². The Bertz CT molecular complexity index is 870. The lowest BCUT2D eigenvalue weighted by atomic mass is 10.1. The smallest absolute Gasteiger partial charge is 0.325 e. The maximum Gasteiger partial charge on any atom is 0.325 e. The van der Waals surface area contributed by atoms with Gasteiger partial charge in [0.15, 0.2) is 5.78 Å². The summed E-state index contributed by atoms with van der Waals surface area (Å²) in [6.45, 7) is 3.44. The molecule has 0 saturated carbocycles. The van der Waals surface area contributed by atoms with Crippen molar-refractivity contribution in [2.24, 2.45) is 0 Å². The van der Waals surface area contributed by atoms with Crippen LogP contribution in [0.5, 0.6) is 0 Å². The first-order valence-corrected chi connectivity index (χ1v) is 11.0. The van der Waals surface area contributed by atoms with Crippen LogP contribution in [0.4, 0.5) is 0 Å². The molecule has 0 unspecified atom stereocenters. The van der Waals surface area contributed by atoms with Crippen molar-refractivity contribution >= 4 is 17.7 Å². The van der Waals surface area contributed by atoms with E-state index in [0.717, 1.165) is 24.8 Å². The molecule has 0 bridgehead atoms. The van der Waals surface area contributed by atoms with E-state index in [4.69, 9.17) is 4.74 Å². The number of unbranched alkanes of at least 4 members (excludes halogenated alkanes) is 2. The predicted octanol–water partition coefficient (Wildman–Crippen LogP) is 3.50. The molecule has 0 radical (unpaired) electrons. The van der Waals surface area contributed by atoms with Gasteiger partial charge in [0.25, 0.3) is 5.91 Å². The second-order valence-electron chi connectivity index (χ2n) is 7.51. The summed E-state index contributed by atoms with van der Waals surface area (Å²) in [5.41, 5.74) is 2.03. The van der Waals surface area contributed by atoms with Crippen LogP contribution in [0.25, 0.3) is 0 Å². The van der Waals surface area contributed by atoms with E-state index in [1.165, 1.54) is 0 Å². The molecule has 2 aromatic rings. The zero-order chi connectivity index (χ0) is 23.2. The number of rotatable bonds is 15. The van der Waals surface area contributed by atoms with Gasteiger partial charge in [-0.25, -0.2) is 0 Å². The fourth-order valence-corrected chi connectivity index (χ4v) is 3.25. The van der Waals surface area contributed by atoms with Crippen LogP contribution in [0.3, 0.4) is 0 Å². The molecule has 2 aromatic carbocycles. The van der Waals surface area contributed by atoms with Crippen LogP contribution < -0.4 is 10.6 Å². The summed E-state index contributed by atoms with van der Waals surface area (Å²) in [6.07, 6.45) is 2.95. The number of aliphatic carboxylic acids is 1. The molecule has 0 aliphatic heterocycles. The van der Waals surface area contributed by atoms with Gasteiger partial charge in [-0.05, 0) is 43.0 Å². The van der Waals surface area contributed by atoms with Crippen LogP contribution in [-0.4, -0.2) is 42.5 Å². The third-order valence-corrected chi connectivity index (χ3v) is 4.96. The maximum absolute atomic E-state index is 12.4. The highest BCUT2D eigenvalue weighted by Gasteiger charge is 2.18. The molecule has 0 aliphatic carbocycles. The molecule has 0 heterocycles. The second-order valence-corrected chi connectivity index (χ2v) is 7.51. The molecule has 32 heavy (non-hydrogen) atoms. The summed E-state index contributed by atoms with van der Waals surface area (Å²) in [6, 6.07) is 15.3. The fourth-order valence-electron chi connectivity index (χ4n) is 3.25. The van der Waals surface area contributed by atoms with E-state index < -0.39 is 12.0 Å². The zero-order valence-electron chi connectivity index (χ0n) is 18.5. The number of benzene rings is 2. The lowest BCUT2D eigenvalue weighted by Gasteiger charge is -2.15. The molecule has 0 saturated heterocycles. The molecule has 1 atom stereocenters. The minimum Gasteiger partial charge on any atom is -0.480 e. The molecule has 0 fully saturated rings. The molecule has 7 nitrogen and oxygen atoms in total. The minimum atomic E-state index is -0.954. The van der Waals surface area contributed by atoms with Gasteiger partial charge in [0.2, 0.25) is 0 Å². The van der Waals surface area contributed by atoms with Crippen LogP contribution in [0.2, 0.25) is 0 Å². The summed E-state index contributed by atoms with van der Waals surface area (Å²) in [5, 5.41) is 15.5. The first kappa shape index (κ1) is 25.2. The number of hydrogen-bond acceptors (Lipinski definition) is 5. The van der Waals surface area contributed by atoms with Gasteiger partial charge in [0.1, 0.15) is 12.6 Å². The molecular formula is C25H32N2O5. The third-order valence-electron chi connectivity index (χ3n) is 4.96. The summed E-state index contributed by atoms with van der Waals surface area (Å²) < 4.78 is 5.09. The number of nitrogens with one attached hydrogen (secondary N) is 2. The summed E-state index contributed by atoms with van der Waals surface area (Å²) in [5.74, 6) is -1.01. The average molecular weight is 441 g/mol. The fraction of sp³-hybridized carbons (Fsp3) is 0.400. The van der Waals surface area contributed by atoms with Gasteiger partial charge >= 0.3 is 5.97 Å². The Morgan fingerprint density at radius 1 is 1.00 bits per heavy atom.